The summed E-state index contributed by atoms with van der Waals surface area (Å²) in [6.07, 6.45) is 7.14. The van der Waals surface area contributed by atoms with Crippen LogP contribution in [0.5, 0.6) is 0 Å². The molecular formula is C15H26N2. The van der Waals surface area contributed by atoms with E-state index < -0.39 is 0 Å². The lowest BCUT2D eigenvalue weighted by molar-refractivity contribution is 0.587. The lowest BCUT2D eigenvalue weighted by atomic mass is 9.88. The SMILES string of the molecule is CCCCCCNc1ccc(C(C)(C)C)cn1. The van der Waals surface area contributed by atoms with Crippen molar-refractivity contribution >= 4 is 5.82 Å². The normalized spacial score (nSPS) is 11.5. The van der Waals surface area contributed by atoms with Crippen LogP contribution in [0.15, 0.2) is 18.3 Å². The Morgan fingerprint density at radius 1 is 1.12 bits per heavy atom. The van der Waals surface area contributed by atoms with Gasteiger partial charge in [0.1, 0.15) is 5.82 Å². The second-order valence-corrected chi connectivity index (χ2v) is 5.67. The number of aromatic nitrogens is 1. The molecule has 17 heavy (non-hydrogen) atoms. The van der Waals surface area contributed by atoms with E-state index in [1.165, 1.54) is 31.2 Å². The number of pyridine rings is 1. The number of anilines is 1. The van der Waals surface area contributed by atoms with Gasteiger partial charge in [0.2, 0.25) is 0 Å². The van der Waals surface area contributed by atoms with E-state index in [1.807, 2.05) is 6.20 Å². The van der Waals surface area contributed by atoms with Crippen LogP contribution in [0.2, 0.25) is 0 Å². The first-order valence-electron chi connectivity index (χ1n) is 6.74. The summed E-state index contributed by atoms with van der Waals surface area (Å²) in [6.45, 7) is 9.90. The third kappa shape index (κ3) is 5.20. The van der Waals surface area contributed by atoms with Gasteiger partial charge in [-0.3, -0.25) is 0 Å². The molecule has 0 aliphatic heterocycles. The largest absolute Gasteiger partial charge is 0.370 e. The second kappa shape index (κ2) is 6.63. The molecule has 1 rings (SSSR count). The molecule has 2 nitrogen and oxygen atoms in total. The third-order valence-corrected chi connectivity index (χ3v) is 2.97. The molecule has 1 N–H and O–H groups in total. The fourth-order valence-electron chi connectivity index (χ4n) is 1.71. The number of hydrogen-bond donors (Lipinski definition) is 1. The molecule has 0 saturated carbocycles. The maximum Gasteiger partial charge on any atom is 0.125 e. The minimum absolute atomic E-state index is 0.187. The van der Waals surface area contributed by atoms with E-state index in [1.54, 1.807) is 0 Å². The molecule has 0 aliphatic carbocycles. The van der Waals surface area contributed by atoms with Crippen LogP contribution >= 0.6 is 0 Å². The number of nitrogens with one attached hydrogen (secondary N) is 1. The predicted octanol–water partition coefficient (Wildman–Crippen LogP) is 4.37. The highest BCUT2D eigenvalue weighted by Gasteiger charge is 2.13. The van der Waals surface area contributed by atoms with E-state index in [4.69, 9.17) is 0 Å². The summed E-state index contributed by atoms with van der Waals surface area (Å²) in [5.41, 5.74) is 1.47. The molecule has 96 valence electrons. The molecule has 1 aromatic heterocycles. The average molecular weight is 234 g/mol. The fraction of sp³-hybridized carbons (Fsp3) is 0.667. The average Bonchev–Trinajstić information content (AvgIpc) is 2.28. The Morgan fingerprint density at radius 2 is 1.88 bits per heavy atom. The molecule has 1 aromatic rings. The lowest BCUT2D eigenvalue weighted by Crippen LogP contribution is -2.12. The van der Waals surface area contributed by atoms with Gasteiger partial charge in [0.25, 0.3) is 0 Å². The van der Waals surface area contributed by atoms with Crippen molar-refractivity contribution in [2.24, 2.45) is 0 Å². The van der Waals surface area contributed by atoms with Gasteiger partial charge in [0, 0.05) is 12.7 Å². The van der Waals surface area contributed by atoms with Gasteiger partial charge in [-0.05, 0) is 23.5 Å². The van der Waals surface area contributed by atoms with E-state index in [0.29, 0.717) is 0 Å². The van der Waals surface area contributed by atoms with E-state index in [-0.39, 0.29) is 5.41 Å². The summed E-state index contributed by atoms with van der Waals surface area (Å²) in [7, 11) is 0. The summed E-state index contributed by atoms with van der Waals surface area (Å²) >= 11 is 0. The zero-order valence-electron chi connectivity index (χ0n) is 11.7. The summed E-state index contributed by atoms with van der Waals surface area (Å²) < 4.78 is 0. The lowest BCUT2D eigenvalue weighted by Gasteiger charge is -2.18. The van der Waals surface area contributed by atoms with Gasteiger partial charge in [-0.1, -0.05) is 53.0 Å². The molecule has 0 aliphatic rings. The van der Waals surface area contributed by atoms with Crippen LogP contribution in [0.1, 0.15) is 58.9 Å². The van der Waals surface area contributed by atoms with E-state index >= 15 is 0 Å². The van der Waals surface area contributed by atoms with Crippen molar-refractivity contribution in [3.63, 3.8) is 0 Å². The highest BCUT2D eigenvalue weighted by atomic mass is 15.0. The fourth-order valence-corrected chi connectivity index (χ4v) is 1.71. The quantitative estimate of drug-likeness (QED) is 0.739. The molecule has 0 fully saturated rings. The zero-order valence-corrected chi connectivity index (χ0v) is 11.7. The van der Waals surface area contributed by atoms with Gasteiger partial charge in [0.15, 0.2) is 0 Å². The van der Waals surface area contributed by atoms with Crippen LogP contribution in [-0.4, -0.2) is 11.5 Å². The predicted molar refractivity (Wildman–Crippen MR) is 75.6 cm³/mol. The van der Waals surface area contributed by atoms with Crippen molar-refractivity contribution in [2.75, 3.05) is 11.9 Å². The molecule has 0 atom stereocenters. The van der Waals surface area contributed by atoms with E-state index in [9.17, 15) is 0 Å². The first-order valence-corrected chi connectivity index (χ1v) is 6.74. The summed E-state index contributed by atoms with van der Waals surface area (Å²) in [5.74, 6) is 0.995. The van der Waals surface area contributed by atoms with Crippen molar-refractivity contribution in [2.45, 2.75) is 58.8 Å². The smallest absolute Gasteiger partial charge is 0.125 e. The number of nitrogens with zero attached hydrogens (tertiary/aromatic N) is 1. The van der Waals surface area contributed by atoms with Gasteiger partial charge in [0.05, 0.1) is 0 Å². The second-order valence-electron chi connectivity index (χ2n) is 5.67. The van der Waals surface area contributed by atoms with Gasteiger partial charge >= 0.3 is 0 Å². The highest BCUT2D eigenvalue weighted by molar-refractivity contribution is 5.36. The Hall–Kier alpha value is -1.05. The van der Waals surface area contributed by atoms with Crippen molar-refractivity contribution in [3.05, 3.63) is 23.9 Å². The number of hydrogen-bond acceptors (Lipinski definition) is 2. The first-order chi connectivity index (χ1) is 8.04. The van der Waals surface area contributed by atoms with Gasteiger partial charge in [-0.25, -0.2) is 4.98 Å². The van der Waals surface area contributed by atoms with E-state index in [0.717, 1.165) is 12.4 Å². The molecule has 0 unspecified atom stereocenters. The molecular weight excluding hydrogens is 208 g/mol. The van der Waals surface area contributed by atoms with Crippen molar-refractivity contribution < 1.29 is 0 Å². The molecule has 0 amide bonds. The Kier molecular flexibility index (Phi) is 5.46. The minimum atomic E-state index is 0.187. The molecule has 0 bridgehead atoms. The summed E-state index contributed by atoms with van der Waals surface area (Å²) in [4.78, 5) is 4.45. The van der Waals surface area contributed by atoms with Gasteiger partial charge < -0.3 is 5.32 Å². The maximum absolute atomic E-state index is 4.45. The zero-order chi connectivity index (χ0) is 12.7. The minimum Gasteiger partial charge on any atom is -0.370 e. The molecule has 2 heteroatoms. The van der Waals surface area contributed by atoms with Crippen LogP contribution < -0.4 is 5.32 Å². The van der Waals surface area contributed by atoms with Gasteiger partial charge in [-0.15, -0.1) is 0 Å². The van der Waals surface area contributed by atoms with Crippen LogP contribution in [0.25, 0.3) is 0 Å². The molecule has 0 saturated heterocycles. The van der Waals surface area contributed by atoms with E-state index in [2.05, 4.69) is 50.1 Å². The van der Waals surface area contributed by atoms with Crippen molar-refractivity contribution in [1.29, 1.82) is 0 Å². The highest BCUT2D eigenvalue weighted by Crippen LogP contribution is 2.21. The molecule has 0 spiro atoms. The Balaban J connectivity index is 2.36. The van der Waals surface area contributed by atoms with Crippen LogP contribution in [0.3, 0.4) is 0 Å². The van der Waals surface area contributed by atoms with Crippen molar-refractivity contribution in [1.82, 2.24) is 4.98 Å². The standard InChI is InChI=1S/C15H26N2/c1-5-6-7-8-11-16-14-10-9-13(12-17-14)15(2,3)4/h9-10,12H,5-8,11H2,1-4H3,(H,16,17). The number of unbranched alkanes of at least 4 members (excludes halogenated alkanes) is 3. The summed E-state index contributed by atoms with van der Waals surface area (Å²) in [5, 5.41) is 3.37. The topological polar surface area (TPSA) is 24.9 Å². The van der Waals surface area contributed by atoms with Crippen LogP contribution in [0.4, 0.5) is 5.82 Å². The monoisotopic (exact) mass is 234 g/mol. The van der Waals surface area contributed by atoms with Crippen LogP contribution in [-0.2, 0) is 5.41 Å². The Morgan fingerprint density at radius 3 is 2.41 bits per heavy atom. The van der Waals surface area contributed by atoms with Crippen molar-refractivity contribution in [3.8, 4) is 0 Å². The Labute approximate surface area is 106 Å². The molecule has 1 heterocycles. The van der Waals surface area contributed by atoms with Crippen LogP contribution in [0, 0.1) is 0 Å². The maximum atomic E-state index is 4.45. The summed E-state index contributed by atoms with van der Waals surface area (Å²) in [6, 6.07) is 4.25. The molecule has 0 aromatic carbocycles. The van der Waals surface area contributed by atoms with Gasteiger partial charge in [-0.2, -0.15) is 0 Å². The Bertz CT molecular complexity index is 309. The third-order valence-electron chi connectivity index (χ3n) is 2.97. The first kappa shape index (κ1) is 14.0. The number of rotatable bonds is 6. The molecule has 0 radical (unpaired) electrons.